The lowest BCUT2D eigenvalue weighted by molar-refractivity contribution is -0.142. The van der Waals surface area contributed by atoms with E-state index >= 15 is 0 Å². The predicted molar refractivity (Wildman–Crippen MR) is 110 cm³/mol. The highest BCUT2D eigenvalue weighted by Crippen LogP contribution is 2.39. The van der Waals surface area contributed by atoms with Crippen LogP contribution < -0.4 is 15.8 Å². The molecule has 3 N–H and O–H groups in total. The quantitative estimate of drug-likeness (QED) is 0.600. The highest BCUT2D eigenvalue weighted by Gasteiger charge is 2.35. The van der Waals surface area contributed by atoms with Crippen LogP contribution >= 0.6 is 11.8 Å². The van der Waals surface area contributed by atoms with Gasteiger partial charge in [0.05, 0.1) is 17.9 Å². The SMILES string of the molecule is COC(=O)C(N)Cc1ccc(Oc2ccc(CC3SC(=O)NC3=O)cc2)c(C(F)(F)F)c1. The highest BCUT2D eigenvalue weighted by molar-refractivity contribution is 8.15. The van der Waals surface area contributed by atoms with Crippen molar-refractivity contribution in [3.05, 3.63) is 59.2 Å². The largest absolute Gasteiger partial charge is 0.468 e. The van der Waals surface area contributed by atoms with Crippen molar-refractivity contribution >= 4 is 28.9 Å². The van der Waals surface area contributed by atoms with Crippen molar-refractivity contribution in [1.82, 2.24) is 5.32 Å². The van der Waals surface area contributed by atoms with Crippen molar-refractivity contribution in [2.75, 3.05) is 7.11 Å². The van der Waals surface area contributed by atoms with Crippen molar-refractivity contribution in [2.24, 2.45) is 5.73 Å². The number of amides is 2. The third-order valence-electron chi connectivity index (χ3n) is 4.65. The summed E-state index contributed by atoms with van der Waals surface area (Å²) in [6, 6.07) is 8.56. The summed E-state index contributed by atoms with van der Waals surface area (Å²) in [5.41, 5.74) is 5.56. The van der Waals surface area contributed by atoms with E-state index in [1.807, 2.05) is 0 Å². The number of esters is 1. The van der Waals surface area contributed by atoms with E-state index < -0.39 is 40.0 Å². The van der Waals surface area contributed by atoms with Gasteiger partial charge in [-0.2, -0.15) is 13.2 Å². The van der Waals surface area contributed by atoms with Gasteiger partial charge in [0.15, 0.2) is 0 Å². The van der Waals surface area contributed by atoms with Crippen LogP contribution in [0.25, 0.3) is 0 Å². The first kappa shape index (κ1) is 23.6. The lowest BCUT2D eigenvalue weighted by Gasteiger charge is -2.16. The van der Waals surface area contributed by atoms with Gasteiger partial charge in [0, 0.05) is 0 Å². The number of benzene rings is 2. The van der Waals surface area contributed by atoms with E-state index in [9.17, 15) is 27.6 Å². The molecule has 1 fully saturated rings. The third-order valence-corrected chi connectivity index (χ3v) is 5.63. The minimum absolute atomic E-state index is 0.125. The number of hydrogen-bond donors (Lipinski definition) is 2. The number of methoxy groups -OCH3 is 1. The van der Waals surface area contributed by atoms with Crippen LogP contribution in [0.15, 0.2) is 42.5 Å². The molecule has 2 amide bonds. The number of halogens is 3. The molecular weight excluding hydrogens is 449 g/mol. The molecule has 7 nitrogen and oxygen atoms in total. The Labute approximate surface area is 185 Å². The first-order valence-corrected chi connectivity index (χ1v) is 10.3. The molecule has 2 unspecified atom stereocenters. The lowest BCUT2D eigenvalue weighted by Crippen LogP contribution is -2.33. The van der Waals surface area contributed by atoms with Gasteiger partial charge < -0.3 is 15.2 Å². The number of carbonyl (C=O) groups excluding carboxylic acids is 3. The molecule has 3 rings (SSSR count). The second-order valence-corrected chi connectivity index (χ2v) is 8.17. The maximum atomic E-state index is 13.6. The van der Waals surface area contributed by atoms with Gasteiger partial charge in [-0.05, 0) is 48.2 Å². The van der Waals surface area contributed by atoms with Crippen LogP contribution in [-0.4, -0.2) is 35.5 Å². The molecule has 0 spiro atoms. The van der Waals surface area contributed by atoms with E-state index in [2.05, 4.69) is 10.1 Å². The number of carbonyl (C=O) groups is 3. The first-order valence-electron chi connectivity index (χ1n) is 9.38. The van der Waals surface area contributed by atoms with Crippen LogP contribution in [0.4, 0.5) is 18.0 Å². The second kappa shape index (κ2) is 9.61. The summed E-state index contributed by atoms with van der Waals surface area (Å²) in [5.74, 6) is -1.34. The van der Waals surface area contributed by atoms with E-state index in [0.29, 0.717) is 6.42 Å². The average molecular weight is 468 g/mol. The molecule has 170 valence electrons. The Bertz CT molecular complexity index is 1030. The fourth-order valence-corrected chi connectivity index (χ4v) is 3.93. The fraction of sp³-hybridized carbons (Fsp3) is 0.286. The maximum Gasteiger partial charge on any atom is 0.419 e. The smallest absolute Gasteiger partial charge is 0.419 e. The molecule has 1 aliphatic heterocycles. The van der Waals surface area contributed by atoms with Crippen molar-refractivity contribution in [1.29, 1.82) is 0 Å². The normalized spacial score (nSPS) is 17.1. The third kappa shape index (κ3) is 5.80. The fourth-order valence-electron chi connectivity index (χ4n) is 3.07. The van der Waals surface area contributed by atoms with Gasteiger partial charge in [0.25, 0.3) is 5.24 Å². The number of imide groups is 1. The predicted octanol–water partition coefficient (Wildman–Crippen LogP) is 3.43. The molecule has 1 heterocycles. The van der Waals surface area contributed by atoms with E-state index in [-0.39, 0.29) is 23.6 Å². The summed E-state index contributed by atoms with van der Waals surface area (Å²) >= 11 is 0.895. The number of nitrogens with one attached hydrogen (secondary N) is 1. The molecule has 0 saturated carbocycles. The molecule has 1 saturated heterocycles. The van der Waals surface area contributed by atoms with Gasteiger partial charge in [-0.3, -0.25) is 19.7 Å². The zero-order chi connectivity index (χ0) is 23.5. The molecule has 1 aliphatic rings. The van der Waals surface area contributed by atoms with Crippen LogP contribution in [0, 0.1) is 0 Å². The van der Waals surface area contributed by atoms with Crippen molar-refractivity contribution in [2.45, 2.75) is 30.3 Å². The van der Waals surface area contributed by atoms with Crippen LogP contribution in [-0.2, 0) is 33.3 Å². The second-order valence-electron chi connectivity index (χ2n) is 7.00. The van der Waals surface area contributed by atoms with E-state index in [1.165, 1.54) is 24.3 Å². The molecule has 2 aromatic rings. The molecule has 32 heavy (non-hydrogen) atoms. The van der Waals surface area contributed by atoms with Crippen LogP contribution in [0.3, 0.4) is 0 Å². The number of thioether (sulfide) groups is 1. The van der Waals surface area contributed by atoms with Gasteiger partial charge in [-0.1, -0.05) is 30.0 Å². The Morgan fingerprint density at radius 2 is 1.81 bits per heavy atom. The summed E-state index contributed by atoms with van der Waals surface area (Å²) < 4.78 is 50.7. The first-order chi connectivity index (χ1) is 15.1. The van der Waals surface area contributed by atoms with Gasteiger partial charge in [0.2, 0.25) is 5.91 Å². The highest BCUT2D eigenvalue weighted by atomic mass is 32.2. The van der Waals surface area contributed by atoms with Crippen LogP contribution in [0.5, 0.6) is 11.5 Å². The van der Waals surface area contributed by atoms with Crippen LogP contribution in [0.2, 0.25) is 0 Å². The Hall–Kier alpha value is -3.05. The summed E-state index contributed by atoms with van der Waals surface area (Å²) in [5, 5.41) is 1.24. The monoisotopic (exact) mass is 468 g/mol. The number of nitrogens with two attached hydrogens (primary N) is 1. The van der Waals surface area contributed by atoms with E-state index in [0.717, 1.165) is 30.5 Å². The Morgan fingerprint density at radius 3 is 2.38 bits per heavy atom. The Morgan fingerprint density at radius 1 is 1.16 bits per heavy atom. The Kier molecular flexibility index (Phi) is 7.09. The van der Waals surface area contributed by atoms with Crippen molar-refractivity contribution in [3.8, 4) is 11.5 Å². The Balaban J connectivity index is 1.75. The molecule has 0 bridgehead atoms. The van der Waals surface area contributed by atoms with Crippen LogP contribution in [0.1, 0.15) is 16.7 Å². The minimum Gasteiger partial charge on any atom is -0.468 e. The number of rotatable bonds is 7. The lowest BCUT2D eigenvalue weighted by atomic mass is 10.0. The zero-order valence-corrected chi connectivity index (χ0v) is 17.6. The maximum absolute atomic E-state index is 13.6. The van der Waals surface area contributed by atoms with Gasteiger partial charge in [0.1, 0.15) is 17.5 Å². The molecule has 2 atom stereocenters. The van der Waals surface area contributed by atoms with Crippen molar-refractivity contribution in [3.63, 3.8) is 0 Å². The summed E-state index contributed by atoms with van der Waals surface area (Å²) in [6.45, 7) is 0. The van der Waals surface area contributed by atoms with E-state index in [4.69, 9.17) is 10.5 Å². The van der Waals surface area contributed by atoms with Gasteiger partial charge in [-0.15, -0.1) is 0 Å². The zero-order valence-electron chi connectivity index (χ0n) is 16.8. The van der Waals surface area contributed by atoms with Crippen molar-refractivity contribution < 1.29 is 37.0 Å². The molecule has 11 heteroatoms. The summed E-state index contributed by atoms with van der Waals surface area (Å²) in [4.78, 5) is 34.3. The molecule has 2 aromatic carbocycles. The number of ether oxygens (including phenoxy) is 2. The molecule has 0 radical (unpaired) electrons. The molecular formula is C21H19F3N2O5S. The van der Waals surface area contributed by atoms with E-state index in [1.54, 1.807) is 12.1 Å². The minimum atomic E-state index is -4.69. The standard InChI is InChI=1S/C21H19F3N2O5S/c1-30-19(28)15(25)9-12-4-7-16(14(8-12)21(22,23)24)31-13-5-2-11(3-6-13)10-17-18(27)26-20(29)32-17/h2-8,15,17H,9-10,25H2,1H3,(H,26,27,29). The van der Waals surface area contributed by atoms with Gasteiger partial charge in [-0.25, -0.2) is 0 Å². The molecule has 0 aromatic heterocycles. The van der Waals surface area contributed by atoms with Gasteiger partial charge >= 0.3 is 12.1 Å². The molecule has 0 aliphatic carbocycles. The average Bonchev–Trinajstić information content (AvgIpc) is 3.05. The number of alkyl halides is 3. The topological polar surface area (TPSA) is 108 Å². The number of hydrogen-bond acceptors (Lipinski definition) is 7. The summed E-state index contributed by atoms with van der Waals surface area (Å²) in [7, 11) is 1.15. The summed E-state index contributed by atoms with van der Waals surface area (Å²) in [6.07, 6.45) is -4.52.